The van der Waals surface area contributed by atoms with Crippen molar-refractivity contribution in [1.82, 2.24) is 10.6 Å². The molecule has 0 bridgehead atoms. The van der Waals surface area contributed by atoms with Gasteiger partial charge in [-0.05, 0) is 36.2 Å². The summed E-state index contributed by atoms with van der Waals surface area (Å²) >= 11 is 0. The molecule has 0 spiro atoms. The molecule has 30 heavy (non-hydrogen) atoms. The molecule has 2 aromatic carbocycles. The Morgan fingerprint density at radius 2 is 1.57 bits per heavy atom. The lowest BCUT2D eigenvalue weighted by Gasteiger charge is -2.30. The van der Waals surface area contributed by atoms with Crippen LogP contribution in [0.1, 0.15) is 35.3 Å². The van der Waals surface area contributed by atoms with E-state index in [-0.39, 0.29) is 24.8 Å². The highest BCUT2D eigenvalue weighted by Gasteiger charge is 2.41. The zero-order valence-electron chi connectivity index (χ0n) is 15.7. The fraction of sp³-hybridized carbons (Fsp3) is 0.350. The number of halogens is 6. The van der Waals surface area contributed by atoms with Gasteiger partial charge in [-0.25, -0.2) is 4.79 Å². The van der Waals surface area contributed by atoms with Crippen molar-refractivity contribution in [1.29, 1.82) is 0 Å². The third-order valence-electron chi connectivity index (χ3n) is 4.89. The maximum absolute atomic E-state index is 13.1. The fourth-order valence-corrected chi connectivity index (χ4v) is 3.22. The topological polar surface area (TPSA) is 50.4 Å². The van der Waals surface area contributed by atoms with Crippen LogP contribution in [0.4, 0.5) is 31.1 Å². The van der Waals surface area contributed by atoms with Crippen LogP contribution in [-0.2, 0) is 22.6 Å². The Morgan fingerprint density at radius 1 is 1.00 bits per heavy atom. The molecule has 2 amide bonds. The normalized spacial score (nSPS) is 20.6. The maximum Gasteiger partial charge on any atom is 0.416 e. The standard InChI is InChI=1S/C20H18F6N2O2/c1-12(13-7-15(19(21,22)23)9-16(8-13)20(24,25)26)30-11-18(10-27-17(29)28-18)14-5-3-2-4-6-14/h2-9,12H,10-11H2,1H3,(H2,27,28,29)/t12-,18-/m0/s1. The van der Waals surface area contributed by atoms with Gasteiger partial charge in [0.05, 0.1) is 23.8 Å². The van der Waals surface area contributed by atoms with Gasteiger partial charge in [0.1, 0.15) is 5.54 Å². The van der Waals surface area contributed by atoms with Crippen LogP contribution in [0.3, 0.4) is 0 Å². The molecule has 2 N–H and O–H groups in total. The predicted molar refractivity (Wildman–Crippen MR) is 95.5 cm³/mol. The number of alkyl halides is 6. The van der Waals surface area contributed by atoms with E-state index >= 15 is 0 Å². The fourth-order valence-electron chi connectivity index (χ4n) is 3.22. The van der Waals surface area contributed by atoms with Gasteiger partial charge in [-0.15, -0.1) is 0 Å². The smallest absolute Gasteiger partial charge is 0.371 e. The minimum absolute atomic E-state index is 0.0722. The van der Waals surface area contributed by atoms with E-state index in [1.165, 1.54) is 6.92 Å². The number of rotatable bonds is 5. The van der Waals surface area contributed by atoms with Gasteiger partial charge in [0.2, 0.25) is 0 Å². The number of amides is 2. The number of benzene rings is 2. The summed E-state index contributed by atoms with van der Waals surface area (Å²) in [6, 6.07) is 9.64. The summed E-state index contributed by atoms with van der Waals surface area (Å²) in [5, 5.41) is 5.33. The SMILES string of the molecule is C[C@H](OC[C@]1(c2ccccc2)CNC(=O)N1)c1cc(C(F)(F)F)cc(C(F)(F)F)c1. The first-order valence-corrected chi connectivity index (χ1v) is 8.93. The zero-order valence-corrected chi connectivity index (χ0v) is 15.7. The number of nitrogens with one attached hydrogen (secondary N) is 2. The van der Waals surface area contributed by atoms with Gasteiger partial charge in [0, 0.05) is 6.54 Å². The average Bonchev–Trinajstić information content (AvgIpc) is 3.07. The monoisotopic (exact) mass is 432 g/mol. The third-order valence-corrected chi connectivity index (χ3v) is 4.89. The van der Waals surface area contributed by atoms with E-state index < -0.39 is 41.2 Å². The summed E-state index contributed by atoms with van der Waals surface area (Å²) in [6.45, 7) is 1.35. The second-order valence-corrected chi connectivity index (χ2v) is 7.05. The molecule has 2 atom stereocenters. The van der Waals surface area contributed by atoms with Crippen molar-refractivity contribution in [3.05, 3.63) is 70.8 Å². The van der Waals surface area contributed by atoms with Crippen molar-refractivity contribution in [3.8, 4) is 0 Å². The van der Waals surface area contributed by atoms with Crippen molar-refractivity contribution in [2.75, 3.05) is 13.2 Å². The van der Waals surface area contributed by atoms with Gasteiger partial charge in [0.25, 0.3) is 0 Å². The first-order chi connectivity index (χ1) is 13.9. The summed E-state index contributed by atoms with van der Waals surface area (Å²) in [4.78, 5) is 11.7. The molecular formula is C20H18F6N2O2. The Labute approximate surface area is 168 Å². The summed E-state index contributed by atoms with van der Waals surface area (Å²) in [7, 11) is 0. The van der Waals surface area contributed by atoms with Crippen LogP contribution < -0.4 is 10.6 Å². The molecule has 162 valence electrons. The molecule has 1 saturated heterocycles. The van der Waals surface area contributed by atoms with Crippen LogP contribution in [0.15, 0.2) is 48.5 Å². The average molecular weight is 432 g/mol. The lowest BCUT2D eigenvalue weighted by molar-refractivity contribution is -0.143. The maximum atomic E-state index is 13.1. The van der Waals surface area contributed by atoms with E-state index in [1.807, 2.05) is 0 Å². The van der Waals surface area contributed by atoms with E-state index in [9.17, 15) is 31.1 Å². The van der Waals surface area contributed by atoms with Gasteiger partial charge in [0.15, 0.2) is 0 Å². The van der Waals surface area contributed by atoms with Gasteiger partial charge >= 0.3 is 18.4 Å². The Balaban J connectivity index is 1.88. The van der Waals surface area contributed by atoms with Crippen LogP contribution in [0.5, 0.6) is 0 Å². The van der Waals surface area contributed by atoms with Crippen molar-refractivity contribution >= 4 is 6.03 Å². The number of hydrogen-bond donors (Lipinski definition) is 2. The van der Waals surface area contributed by atoms with Crippen molar-refractivity contribution in [2.24, 2.45) is 0 Å². The van der Waals surface area contributed by atoms with E-state index in [2.05, 4.69) is 10.6 Å². The molecule has 0 radical (unpaired) electrons. The minimum atomic E-state index is -4.94. The summed E-state index contributed by atoms with van der Waals surface area (Å²) in [5.41, 5.74) is -3.39. The molecule has 0 unspecified atom stereocenters. The molecule has 4 nitrogen and oxygen atoms in total. The van der Waals surface area contributed by atoms with E-state index in [4.69, 9.17) is 4.74 Å². The molecule has 0 aliphatic carbocycles. The Morgan fingerprint density at radius 3 is 2.03 bits per heavy atom. The number of carbonyl (C=O) groups is 1. The largest absolute Gasteiger partial charge is 0.416 e. The summed E-state index contributed by atoms with van der Waals surface area (Å²) in [5.74, 6) is 0. The van der Waals surface area contributed by atoms with Crippen LogP contribution >= 0.6 is 0 Å². The van der Waals surface area contributed by atoms with Gasteiger partial charge in [-0.3, -0.25) is 0 Å². The number of carbonyl (C=O) groups excluding carboxylic acids is 1. The molecule has 0 saturated carbocycles. The van der Waals surface area contributed by atoms with Crippen LogP contribution in [0, 0.1) is 0 Å². The Hall–Kier alpha value is -2.75. The van der Waals surface area contributed by atoms with Crippen LogP contribution in [-0.4, -0.2) is 19.2 Å². The van der Waals surface area contributed by atoms with Crippen molar-refractivity contribution in [3.63, 3.8) is 0 Å². The highest BCUT2D eigenvalue weighted by atomic mass is 19.4. The number of urea groups is 1. The predicted octanol–water partition coefficient (Wildman–Crippen LogP) is 5.01. The second-order valence-electron chi connectivity index (χ2n) is 7.05. The Bertz CT molecular complexity index is 881. The first kappa shape index (κ1) is 21.9. The summed E-state index contributed by atoms with van der Waals surface area (Å²) < 4.78 is 84.2. The molecule has 3 rings (SSSR count). The van der Waals surface area contributed by atoms with Gasteiger partial charge in [-0.1, -0.05) is 30.3 Å². The second kappa shape index (κ2) is 7.82. The van der Waals surface area contributed by atoms with Gasteiger partial charge < -0.3 is 15.4 Å². The molecule has 1 fully saturated rings. The number of ether oxygens (including phenoxy) is 1. The lowest BCUT2D eigenvalue weighted by Crippen LogP contribution is -2.45. The quantitative estimate of drug-likeness (QED) is 0.653. The highest BCUT2D eigenvalue weighted by molar-refractivity contribution is 5.78. The summed E-state index contributed by atoms with van der Waals surface area (Å²) in [6.07, 6.45) is -11.0. The zero-order chi connectivity index (χ0) is 22.2. The highest BCUT2D eigenvalue weighted by Crippen LogP contribution is 2.38. The van der Waals surface area contributed by atoms with Crippen LogP contribution in [0.25, 0.3) is 0 Å². The van der Waals surface area contributed by atoms with Crippen molar-refractivity contribution < 1.29 is 35.9 Å². The van der Waals surface area contributed by atoms with Gasteiger partial charge in [-0.2, -0.15) is 26.3 Å². The Kier molecular flexibility index (Phi) is 5.72. The molecule has 1 aliphatic heterocycles. The van der Waals surface area contributed by atoms with E-state index in [0.717, 1.165) is 0 Å². The molecule has 10 heteroatoms. The van der Waals surface area contributed by atoms with E-state index in [0.29, 0.717) is 17.7 Å². The number of hydrogen-bond acceptors (Lipinski definition) is 2. The molecule has 2 aromatic rings. The molecule has 1 heterocycles. The third kappa shape index (κ3) is 4.69. The molecular weight excluding hydrogens is 414 g/mol. The molecule has 1 aliphatic rings. The van der Waals surface area contributed by atoms with E-state index in [1.54, 1.807) is 30.3 Å². The first-order valence-electron chi connectivity index (χ1n) is 8.93. The lowest BCUT2D eigenvalue weighted by atomic mass is 9.91. The minimum Gasteiger partial charge on any atom is -0.371 e. The molecule has 0 aromatic heterocycles. The van der Waals surface area contributed by atoms with Crippen molar-refractivity contribution in [2.45, 2.75) is 30.9 Å². The van der Waals surface area contributed by atoms with Crippen LogP contribution in [0.2, 0.25) is 0 Å².